The molecule has 0 bridgehead atoms. The fraction of sp³-hybridized carbons (Fsp3) is 0.484. The lowest BCUT2D eigenvalue weighted by Gasteiger charge is -2.35. The van der Waals surface area contributed by atoms with E-state index in [1.54, 1.807) is 9.58 Å². The first-order chi connectivity index (χ1) is 18.8. The minimum absolute atomic E-state index is 0.0882. The number of carbonyl (C=O) groups is 2. The topological polar surface area (TPSA) is 80.6 Å². The Morgan fingerprint density at radius 3 is 2.48 bits per heavy atom. The van der Waals surface area contributed by atoms with E-state index >= 15 is 0 Å². The van der Waals surface area contributed by atoms with Gasteiger partial charge in [0.05, 0.1) is 23.1 Å². The SMILES string of the molecule is Cc1ccc(C(=O)N(C)Cc2c(C)cc(Br)cc2C)c(-n2cc(CN3CCCCC3C(=O)OC(C)(C)C)nn2)c1. The van der Waals surface area contributed by atoms with Crippen LogP contribution in [0.1, 0.15) is 78.3 Å². The molecule has 0 spiro atoms. The summed E-state index contributed by atoms with van der Waals surface area (Å²) in [5.41, 5.74) is 5.88. The van der Waals surface area contributed by atoms with E-state index < -0.39 is 5.60 Å². The molecule has 0 N–H and O–H groups in total. The number of carbonyl (C=O) groups excluding carboxylic acids is 2. The molecule has 1 fully saturated rings. The summed E-state index contributed by atoms with van der Waals surface area (Å²) in [6.07, 6.45) is 4.64. The molecule has 1 atom stereocenters. The van der Waals surface area contributed by atoms with E-state index in [1.807, 2.05) is 59.1 Å². The highest BCUT2D eigenvalue weighted by Gasteiger charge is 2.33. The molecule has 0 aliphatic carbocycles. The number of esters is 1. The van der Waals surface area contributed by atoms with Gasteiger partial charge in [-0.15, -0.1) is 5.10 Å². The maximum Gasteiger partial charge on any atom is 0.323 e. The van der Waals surface area contributed by atoms with Gasteiger partial charge in [-0.1, -0.05) is 33.6 Å². The first-order valence-corrected chi connectivity index (χ1v) is 14.6. The van der Waals surface area contributed by atoms with Crippen LogP contribution < -0.4 is 0 Å². The van der Waals surface area contributed by atoms with Gasteiger partial charge in [0.1, 0.15) is 11.6 Å². The van der Waals surface area contributed by atoms with Crippen molar-refractivity contribution in [3.63, 3.8) is 0 Å². The maximum atomic E-state index is 13.7. The van der Waals surface area contributed by atoms with Crippen molar-refractivity contribution in [2.75, 3.05) is 13.6 Å². The number of halogens is 1. The number of hydrogen-bond acceptors (Lipinski definition) is 6. The van der Waals surface area contributed by atoms with Crippen molar-refractivity contribution in [3.8, 4) is 5.69 Å². The van der Waals surface area contributed by atoms with Gasteiger partial charge in [0.2, 0.25) is 0 Å². The summed E-state index contributed by atoms with van der Waals surface area (Å²) in [6.45, 7) is 13.6. The molecule has 1 amide bonds. The lowest BCUT2D eigenvalue weighted by Crippen LogP contribution is -2.46. The van der Waals surface area contributed by atoms with Gasteiger partial charge in [-0.2, -0.15) is 0 Å². The minimum Gasteiger partial charge on any atom is -0.459 e. The normalized spacial score (nSPS) is 16.1. The van der Waals surface area contributed by atoms with E-state index in [0.717, 1.165) is 58.2 Å². The van der Waals surface area contributed by atoms with Crippen molar-refractivity contribution in [1.82, 2.24) is 24.8 Å². The van der Waals surface area contributed by atoms with Crippen molar-refractivity contribution in [2.45, 2.75) is 85.5 Å². The average Bonchev–Trinajstić information content (AvgIpc) is 3.33. The zero-order chi connectivity index (χ0) is 29.2. The highest BCUT2D eigenvalue weighted by atomic mass is 79.9. The average molecular weight is 611 g/mol. The highest BCUT2D eigenvalue weighted by molar-refractivity contribution is 9.10. The molecule has 214 valence electrons. The van der Waals surface area contributed by atoms with Crippen LogP contribution in [0.4, 0.5) is 0 Å². The van der Waals surface area contributed by atoms with Crippen molar-refractivity contribution < 1.29 is 14.3 Å². The summed E-state index contributed by atoms with van der Waals surface area (Å²) in [5, 5.41) is 8.81. The molecular formula is C31H40BrN5O3. The van der Waals surface area contributed by atoms with Gasteiger partial charge in [0.25, 0.3) is 5.91 Å². The summed E-state index contributed by atoms with van der Waals surface area (Å²) < 4.78 is 8.40. The molecule has 2 heterocycles. The molecule has 1 aliphatic rings. The van der Waals surface area contributed by atoms with Gasteiger partial charge in [-0.3, -0.25) is 14.5 Å². The molecule has 1 aromatic heterocycles. The molecule has 1 aliphatic heterocycles. The predicted octanol–water partition coefficient (Wildman–Crippen LogP) is 5.92. The van der Waals surface area contributed by atoms with Gasteiger partial charge in [-0.05, 0) is 107 Å². The second-order valence-corrected chi connectivity index (χ2v) is 12.8. The number of piperidine rings is 1. The summed E-state index contributed by atoms with van der Waals surface area (Å²) in [5.74, 6) is -0.278. The minimum atomic E-state index is -0.528. The Bertz CT molecular complexity index is 1370. The summed E-state index contributed by atoms with van der Waals surface area (Å²) >= 11 is 3.55. The third kappa shape index (κ3) is 7.18. The van der Waals surface area contributed by atoms with Crippen LogP contribution in [0.15, 0.2) is 41.0 Å². The van der Waals surface area contributed by atoms with Gasteiger partial charge >= 0.3 is 5.97 Å². The number of nitrogens with zero attached hydrogens (tertiary/aromatic N) is 5. The molecule has 1 unspecified atom stereocenters. The van der Waals surface area contributed by atoms with E-state index in [9.17, 15) is 9.59 Å². The molecule has 40 heavy (non-hydrogen) atoms. The number of hydrogen-bond donors (Lipinski definition) is 0. The summed E-state index contributed by atoms with van der Waals surface area (Å²) in [4.78, 5) is 30.5. The maximum absolute atomic E-state index is 13.7. The van der Waals surface area contributed by atoms with E-state index in [2.05, 4.69) is 57.1 Å². The molecule has 9 heteroatoms. The molecule has 4 rings (SSSR count). The van der Waals surface area contributed by atoms with Gasteiger partial charge in [-0.25, -0.2) is 4.68 Å². The molecule has 2 aromatic carbocycles. The van der Waals surface area contributed by atoms with Crippen LogP contribution in [0, 0.1) is 20.8 Å². The highest BCUT2D eigenvalue weighted by Crippen LogP contribution is 2.25. The Morgan fingerprint density at radius 1 is 1.10 bits per heavy atom. The van der Waals surface area contributed by atoms with E-state index in [4.69, 9.17) is 4.74 Å². The van der Waals surface area contributed by atoms with E-state index in [0.29, 0.717) is 24.3 Å². The number of ether oxygens (including phenoxy) is 1. The number of aromatic nitrogens is 3. The van der Waals surface area contributed by atoms with Crippen molar-refractivity contribution in [2.24, 2.45) is 0 Å². The Kier molecular flexibility index (Phi) is 9.15. The third-order valence-corrected chi connectivity index (χ3v) is 7.69. The molecular weight excluding hydrogens is 570 g/mol. The lowest BCUT2D eigenvalue weighted by molar-refractivity contribution is -0.163. The molecule has 8 nitrogen and oxygen atoms in total. The van der Waals surface area contributed by atoms with Crippen LogP contribution in [0.2, 0.25) is 0 Å². The number of aryl methyl sites for hydroxylation is 3. The monoisotopic (exact) mass is 609 g/mol. The third-order valence-electron chi connectivity index (χ3n) is 7.23. The van der Waals surface area contributed by atoms with Crippen molar-refractivity contribution in [3.05, 3.63) is 74.5 Å². The lowest BCUT2D eigenvalue weighted by atomic mass is 10.0. The first kappa shape index (κ1) is 29.9. The number of benzene rings is 2. The van der Waals surface area contributed by atoms with Gasteiger partial charge in [0.15, 0.2) is 0 Å². The predicted molar refractivity (Wildman–Crippen MR) is 159 cm³/mol. The van der Waals surface area contributed by atoms with E-state index in [1.165, 1.54) is 0 Å². The number of likely N-dealkylation sites (tertiary alicyclic amines) is 1. The summed E-state index contributed by atoms with van der Waals surface area (Å²) in [7, 11) is 1.83. The molecule has 3 aromatic rings. The second kappa shape index (κ2) is 12.2. The number of rotatable bonds is 7. The van der Waals surface area contributed by atoms with Crippen LogP contribution in [0.3, 0.4) is 0 Å². The zero-order valence-electron chi connectivity index (χ0n) is 24.6. The van der Waals surface area contributed by atoms with Crippen LogP contribution in [0.5, 0.6) is 0 Å². The van der Waals surface area contributed by atoms with Crippen LogP contribution >= 0.6 is 15.9 Å². The fourth-order valence-electron chi connectivity index (χ4n) is 5.23. The Balaban J connectivity index is 1.55. The smallest absolute Gasteiger partial charge is 0.323 e. The van der Waals surface area contributed by atoms with Gasteiger partial charge < -0.3 is 9.64 Å². The zero-order valence-corrected chi connectivity index (χ0v) is 26.2. The van der Waals surface area contributed by atoms with Crippen LogP contribution in [-0.4, -0.2) is 61.9 Å². The second-order valence-electron chi connectivity index (χ2n) is 11.9. The van der Waals surface area contributed by atoms with E-state index in [-0.39, 0.29) is 17.9 Å². The molecule has 1 saturated heterocycles. The molecule has 0 saturated carbocycles. The van der Waals surface area contributed by atoms with Crippen LogP contribution in [0.25, 0.3) is 5.69 Å². The Hall–Kier alpha value is -3.04. The standard InChI is InChI=1S/C31H40BrN5O3/c1-20-11-12-25(29(38)35(7)19-26-21(2)15-23(32)16-22(26)3)28(14-20)37-18-24(33-34-37)17-36-13-9-8-10-27(36)30(39)40-31(4,5)6/h11-12,14-16,18,27H,8-10,13,17,19H2,1-7H3. The Morgan fingerprint density at radius 2 is 1.80 bits per heavy atom. The largest absolute Gasteiger partial charge is 0.459 e. The molecule has 0 radical (unpaired) electrons. The first-order valence-electron chi connectivity index (χ1n) is 13.8. The van der Waals surface area contributed by atoms with Gasteiger partial charge in [0, 0.05) is 24.6 Å². The van der Waals surface area contributed by atoms with Crippen molar-refractivity contribution >= 4 is 27.8 Å². The van der Waals surface area contributed by atoms with Crippen molar-refractivity contribution in [1.29, 1.82) is 0 Å². The number of amides is 1. The Labute approximate surface area is 245 Å². The fourth-order valence-corrected chi connectivity index (χ4v) is 5.92. The quantitative estimate of drug-likeness (QED) is 0.309. The summed E-state index contributed by atoms with van der Waals surface area (Å²) in [6, 6.07) is 9.61. The van der Waals surface area contributed by atoms with Crippen LogP contribution in [-0.2, 0) is 22.6 Å².